The number of hydrogen-bond donors (Lipinski definition) is 1. The van der Waals surface area contributed by atoms with E-state index in [0.29, 0.717) is 43.9 Å². The molecule has 1 aromatic carbocycles. The summed E-state index contributed by atoms with van der Waals surface area (Å²) >= 11 is 0. The van der Waals surface area contributed by atoms with Crippen LogP contribution in [0.3, 0.4) is 0 Å². The van der Waals surface area contributed by atoms with E-state index in [1.54, 1.807) is 36.1 Å². The summed E-state index contributed by atoms with van der Waals surface area (Å²) in [6, 6.07) is 9.63. The van der Waals surface area contributed by atoms with Crippen LogP contribution in [0.25, 0.3) is 0 Å². The molecule has 1 saturated heterocycles. The first-order chi connectivity index (χ1) is 15.7. The molecule has 9 heteroatoms. The van der Waals surface area contributed by atoms with E-state index in [9.17, 15) is 18.0 Å². The second-order valence-corrected chi connectivity index (χ2v) is 10.7. The van der Waals surface area contributed by atoms with Crippen molar-refractivity contribution in [3.05, 3.63) is 58.1 Å². The summed E-state index contributed by atoms with van der Waals surface area (Å²) in [5, 5.41) is 0. The Morgan fingerprint density at radius 1 is 1.15 bits per heavy atom. The van der Waals surface area contributed by atoms with Gasteiger partial charge in [0.05, 0.1) is 17.5 Å². The maximum Gasteiger partial charge on any atom is 0.339 e. The lowest BCUT2D eigenvalue weighted by Crippen LogP contribution is -2.60. The second kappa shape index (κ2) is 9.30. The van der Waals surface area contributed by atoms with Crippen LogP contribution < -0.4 is 15.1 Å². The number of nitrogens with one attached hydrogen (secondary N) is 1. The molecular weight excluding hydrogens is 444 g/mol. The molecule has 1 aliphatic carbocycles. The molecule has 1 amide bonds. The summed E-state index contributed by atoms with van der Waals surface area (Å²) in [7, 11) is -3.86. The van der Waals surface area contributed by atoms with Crippen molar-refractivity contribution in [1.29, 1.82) is 0 Å². The van der Waals surface area contributed by atoms with Crippen LogP contribution in [0, 0.1) is 13.8 Å². The van der Waals surface area contributed by atoms with Crippen LogP contribution in [0.15, 0.2) is 50.5 Å². The largest absolute Gasteiger partial charge is 0.488 e. The molecule has 1 saturated carbocycles. The number of carbonyl (C=O) groups is 1. The molecule has 2 aliphatic rings. The van der Waals surface area contributed by atoms with Gasteiger partial charge in [-0.1, -0.05) is 31.4 Å². The second-order valence-electron chi connectivity index (χ2n) is 9.07. The molecular formula is C24H30N2O6S. The van der Waals surface area contributed by atoms with Crippen LogP contribution in [-0.2, 0) is 14.8 Å². The SMILES string of the molecule is Cc1cccc(S(=O)(=O)NC2(C(=O)N3CCC(Oc4cc(C)oc(=O)c4)C3)CCCCC2)c1. The molecule has 1 unspecified atom stereocenters. The fourth-order valence-corrected chi connectivity index (χ4v) is 6.28. The van der Waals surface area contributed by atoms with Gasteiger partial charge in [0.15, 0.2) is 0 Å². The predicted octanol–water partition coefficient (Wildman–Crippen LogP) is 2.92. The van der Waals surface area contributed by atoms with E-state index in [1.165, 1.54) is 6.07 Å². The van der Waals surface area contributed by atoms with Crippen molar-refractivity contribution in [3.63, 3.8) is 0 Å². The average Bonchev–Trinajstić information content (AvgIpc) is 3.21. The van der Waals surface area contributed by atoms with Gasteiger partial charge in [-0.3, -0.25) is 4.79 Å². The van der Waals surface area contributed by atoms with Crippen LogP contribution in [0.1, 0.15) is 49.8 Å². The minimum Gasteiger partial charge on any atom is -0.488 e. The first-order valence-electron chi connectivity index (χ1n) is 11.4. The molecule has 8 nitrogen and oxygen atoms in total. The molecule has 4 rings (SSSR count). The highest BCUT2D eigenvalue weighted by Crippen LogP contribution is 2.33. The molecule has 178 valence electrons. The van der Waals surface area contributed by atoms with Gasteiger partial charge in [0.2, 0.25) is 15.9 Å². The maximum atomic E-state index is 13.7. The molecule has 33 heavy (non-hydrogen) atoms. The normalized spacial score (nSPS) is 20.5. The lowest BCUT2D eigenvalue weighted by atomic mass is 9.81. The van der Waals surface area contributed by atoms with E-state index in [2.05, 4.69) is 4.72 Å². The number of rotatable bonds is 6. The Morgan fingerprint density at radius 2 is 1.91 bits per heavy atom. The highest BCUT2D eigenvalue weighted by atomic mass is 32.2. The molecule has 2 aromatic rings. The molecule has 0 radical (unpaired) electrons. The average molecular weight is 475 g/mol. The van der Waals surface area contributed by atoms with E-state index in [4.69, 9.17) is 9.15 Å². The topological polar surface area (TPSA) is 106 Å². The van der Waals surface area contributed by atoms with Crippen LogP contribution in [0.5, 0.6) is 5.75 Å². The van der Waals surface area contributed by atoms with E-state index >= 15 is 0 Å². The van der Waals surface area contributed by atoms with Gasteiger partial charge < -0.3 is 14.1 Å². The quantitative estimate of drug-likeness (QED) is 0.690. The number of aryl methyl sites for hydroxylation is 2. The van der Waals surface area contributed by atoms with E-state index in [-0.39, 0.29) is 16.9 Å². The molecule has 1 atom stereocenters. The van der Waals surface area contributed by atoms with Gasteiger partial charge in [0.1, 0.15) is 23.2 Å². The molecule has 0 bridgehead atoms. The van der Waals surface area contributed by atoms with Crippen molar-refractivity contribution in [2.45, 2.75) is 68.9 Å². The Hall–Kier alpha value is -2.65. The first kappa shape index (κ1) is 23.5. The van der Waals surface area contributed by atoms with E-state index in [0.717, 1.165) is 24.8 Å². The summed E-state index contributed by atoms with van der Waals surface area (Å²) in [4.78, 5) is 27.1. The Morgan fingerprint density at radius 3 is 2.61 bits per heavy atom. The summed E-state index contributed by atoms with van der Waals surface area (Å²) in [5.74, 6) is 0.666. The van der Waals surface area contributed by atoms with Crippen LogP contribution in [0.4, 0.5) is 0 Å². The van der Waals surface area contributed by atoms with Gasteiger partial charge in [-0.15, -0.1) is 0 Å². The van der Waals surface area contributed by atoms with Crippen molar-refractivity contribution >= 4 is 15.9 Å². The number of amides is 1. The third kappa shape index (κ3) is 5.30. The fraction of sp³-hybridized carbons (Fsp3) is 0.500. The van der Waals surface area contributed by atoms with E-state index in [1.807, 2.05) is 13.0 Å². The molecule has 1 aliphatic heterocycles. The van der Waals surface area contributed by atoms with Gasteiger partial charge in [0.25, 0.3) is 0 Å². The zero-order valence-corrected chi connectivity index (χ0v) is 19.8. The van der Waals surface area contributed by atoms with E-state index < -0.39 is 21.2 Å². The van der Waals surface area contributed by atoms with Gasteiger partial charge in [-0.2, -0.15) is 4.72 Å². The van der Waals surface area contributed by atoms with Gasteiger partial charge in [-0.25, -0.2) is 13.2 Å². The number of sulfonamides is 1. The highest BCUT2D eigenvalue weighted by molar-refractivity contribution is 7.89. The lowest BCUT2D eigenvalue weighted by molar-refractivity contribution is -0.138. The fourth-order valence-electron chi connectivity index (χ4n) is 4.76. The minimum absolute atomic E-state index is 0.168. The maximum absolute atomic E-state index is 13.7. The summed E-state index contributed by atoms with van der Waals surface area (Å²) in [6.07, 6.45) is 3.82. The minimum atomic E-state index is -3.86. The smallest absolute Gasteiger partial charge is 0.339 e. The van der Waals surface area contributed by atoms with Crippen molar-refractivity contribution < 1.29 is 22.4 Å². The molecule has 1 N–H and O–H groups in total. The van der Waals surface area contributed by atoms with Crippen molar-refractivity contribution in [1.82, 2.24) is 9.62 Å². The Labute approximate surface area is 194 Å². The number of likely N-dealkylation sites (tertiary alicyclic amines) is 1. The van der Waals surface area contributed by atoms with Crippen molar-refractivity contribution in [2.75, 3.05) is 13.1 Å². The number of ether oxygens (including phenoxy) is 1. The number of carbonyl (C=O) groups excluding carboxylic acids is 1. The number of nitrogens with zero attached hydrogens (tertiary/aromatic N) is 1. The Kier molecular flexibility index (Phi) is 6.63. The van der Waals surface area contributed by atoms with Crippen LogP contribution in [0.2, 0.25) is 0 Å². The molecule has 1 aromatic heterocycles. The standard InChI is InChI=1S/C24H30N2O6S/c1-17-7-6-8-21(13-17)33(29,30)25-24(10-4-3-5-11-24)23(28)26-12-9-19(16-26)32-20-14-18(2)31-22(27)15-20/h6-8,13-15,19,25H,3-5,9-12,16H2,1-2H3. The summed E-state index contributed by atoms with van der Waals surface area (Å²) in [5.41, 5.74) is -0.797. The summed E-state index contributed by atoms with van der Waals surface area (Å²) in [6.45, 7) is 4.32. The first-order valence-corrected chi connectivity index (χ1v) is 12.8. The van der Waals surface area contributed by atoms with Crippen molar-refractivity contribution in [2.24, 2.45) is 0 Å². The zero-order chi connectivity index (χ0) is 23.6. The zero-order valence-electron chi connectivity index (χ0n) is 19.0. The molecule has 2 fully saturated rings. The van der Waals surface area contributed by atoms with Crippen LogP contribution in [-0.4, -0.2) is 44.0 Å². The van der Waals surface area contributed by atoms with Gasteiger partial charge >= 0.3 is 5.63 Å². The van der Waals surface area contributed by atoms with Crippen LogP contribution >= 0.6 is 0 Å². The Bertz CT molecular complexity index is 1180. The number of benzene rings is 1. The molecule has 2 heterocycles. The lowest BCUT2D eigenvalue weighted by Gasteiger charge is -2.39. The molecule has 0 spiro atoms. The third-order valence-corrected chi connectivity index (χ3v) is 7.88. The predicted molar refractivity (Wildman–Crippen MR) is 123 cm³/mol. The highest BCUT2D eigenvalue weighted by Gasteiger charge is 2.46. The van der Waals surface area contributed by atoms with Gasteiger partial charge in [0, 0.05) is 19.0 Å². The third-order valence-electron chi connectivity index (χ3n) is 6.35. The number of hydrogen-bond acceptors (Lipinski definition) is 6. The van der Waals surface area contributed by atoms with Crippen molar-refractivity contribution in [3.8, 4) is 5.75 Å². The summed E-state index contributed by atoms with van der Waals surface area (Å²) < 4.78 is 40.1. The monoisotopic (exact) mass is 474 g/mol. The van der Waals surface area contributed by atoms with Gasteiger partial charge in [-0.05, 0) is 44.4 Å². The Balaban J connectivity index is 1.51.